The highest BCUT2D eigenvalue weighted by molar-refractivity contribution is 6.61. The van der Waals surface area contributed by atoms with E-state index in [9.17, 15) is 13.8 Å². The summed E-state index contributed by atoms with van der Waals surface area (Å²) in [7, 11) is -0.893. The van der Waals surface area contributed by atoms with E-state index in [0.717, 1.165) is 29.9 Å². The average Bonchev–Trinajstić information content (AvgIpc) is 3.34. The van der Waals surface area contributed by atoms with Gasteiger partial charge in [-0.15, -0.1) is 5.10 Å². The first kappa shape index (κ1) is 20.9. The molecule has 2 aromatic heterocycles. The molecule has 30 heavy (non-hydrogen) atoms. The predicted octanol–water partition coefficient (Wildman–Crippen LogP) is 3.07. The van der Waals surface area contributed by atoms with Crippen LogP contribution in [0.2, 0.25) is 5.15 Å². The second-order valence-corrected chi connectivity index (χ2v) is 7.92. The van der Waals surface area contributed by atoms with Crippen LogP contribution in [0.5, 0.6) is 0 Å². The van der Waals surface area contributed by atoms with Crippen molar-refractivity contribution in [2.45, 2.75) is 38.8 Å². The fraction of sp³-hybridized carbons (Fsp3) is 0.350. The van der Waals surface area contributed by atoms with Crippen LogP contribution in [0.3, 0.4) is 0 Å². The first-order chi connectivity index (χ1) is 14.4. The summed E-state index contributed by atoms with van der Waals surface area (Å²) in [4.78, 5) is 3.78. The van der Waals surface area contributed by atoms with Crippen molar-refractivity contribution in [2.75, 3.05) is 0 Å². The number of nitrogens with zero attached hydrogens (tertiary/aromatic N) is 4. The zero-order valence-corrected chi connectivity index (χ0v) is 17.1. The Kier molecular flexibility index (Phi) is 6.12. The third-order valence-electron chi connectivity index (χ3n) is 5.06. The molecule has 1 N–H and O–H groups in total. The van der Waals surface area contributed by atoms with Crippen LogP contribution >= 0.6 is 11.6 Å². The number of hydrogen-bond donors (Lipinski definition) is 1. The highest BCUT2D eigenvalue weighted by Crippen LogP contribution is 2.30. The molecule has 0 spiro atoms. The average molecular weight is 433 g/mol. The Morgan fingerprint density at radius 1 is 1.27 bits per heavy atom. The SMILES string of the molecule is C[C@H]1OB(O)c2ccc(F)cc21.Fc1cnc(Cl)c(Cc2cn(CC3CC3)nn2)c1. The molecular weight excluding hydrogens is 413 g/mol. The van der Waals surface area contributed by atoms with Gasteiger partial charge in [0.05, 0.1) is 18.0 Å². The molecular formula is C20H20BClF2N4O2. The van der Waals surface area contributed by atoms with Crippen LogP contribution in [-0.2, 0) is 17.6 Å². The highest BCUT2D eigenvalue weighted by atomic mass is 35.5. The van der Waals surface area contributed by atoms with E-state index < -0.39 is 7.12 Å². The van der Waals surface area contributed by atoms with Crippen molar-refractivity contribution in [1.82, 2.24) is 20.0 Å². The summed E-state index contributed by atoms with van der Waals surface area (Å²) in [5.74, 6) is 0.0667. The highest BCUT2D eigenvalue weighted by Gasteiger charge is 2.32. The molecule has 5 rings (SSSR count). The molecule has 1 aliphatic carbocycles. The van der Waals surface area contributed by atoms with E-state index in [0.29, 0.717) is 22.6 Å². The lowest BCUT2D eigenvalue weighted by molar-refractivity contribution is 0.208. The minimum absolute atomic E-state index is 0.217. The third kappa shape index (κ3) is 5.03. The summed E-state index contributed by atoms with van der Waals surface area (Å²) < 4.78 is 32.7. The van der Waals surface area contributed by atoms with Crippen LogP contribution in [0.4, 0.5) is 8.78 Å². The van der Waals surface area contributed by atoms with Crippen molar-refractivity contribution >= 4 is 24.2 Å². The molecule has 0 bridgehead atoms. The molecule has 3 heterocycles. The second-order valence-electron chi connectivity index (χ2n) is 7.56. The number of pyridine rings is 1. The van der Waals surface area contributed by atoms with Gasteiger partial charge in [-0.25, -0.2) is 13.8 Å². The Labute approximate surface area is 178 Å². The molecule has 3 aromatic rings. The van der Waals surface area contributed by atoms with Crippen LogP contribution < -0.4 is 5.46 Å². The van der Waals surface area contributed by atoms with E-state index in [1.54, 1.807) is 13.0 Å². The molecule has 1 fully saturated rings. The summed E-state index contributed by atoms with van der Waals surface area (Å²) in [6, 6.07) is 5.66. The molecule has 0 radical (unpaired) electrons. The summed E-state index contributed by atoms with van der Waals surface area (Å²) in [6.45, 7) is 2.70. The van der Waals surface area contributed by atoms with Gasteiger partial charge in [0.15, 0.2) is 0 Å². The molecule has 0 amide bonds. The van der Waals surface area contributed by atoms with E-state index in [1.165, 1.54) is 31.0 Å². The van der Waals surface area contributed by atoms with Gasteiger partial charge < -0.3 is 9.68 Å². The molecule has 0 unspecified atom stereocenters. The molecule has 1 saturated carbocycles. The Morgan fingerprint density at radius 3 is 2.83 bits per heavy atom. The number of rotatable bonds is 4. The maximum absolute atomic E-state index is 13.1. The number of halogens is 3. The Morgan fingerprint density at radius 2 is 2.07 bits per heavy atom. The molecule has 1 aromatic carbocycles. The minimum Gasteiger partial charge on any atom is -0.423 e. The van der Waals surface area contributed by atoms with E-state index >= 15 is 0 Å². The maximum atomic E-state index is 13.1. The number of fused-ring (bicyclic) bond motifs is 1. The monoisotopic (exact) mass is 432 g/mol. The van der Waals surface area contributed by atoms with Crippen LogP contribution in [0, 0.1) is 17.6 Å². The zero-order chi connectivity index (χ0) is 21.3. The maximum Gasteiger partial charge on any atom is 0.491 e. The Balaban J connectivity index is 0.000000158. The van der Waals surface area contributed by atoms with Crippen molar-refractivity contribution in [3.8, 4) is 0 Å². The van der Waals surface area contributed by atoms with Gasteiger partial charge in [0.1, 0.15) is 16.8 Å². The lowest BCUT2D eigenvalue weighted by Gasteiger charge is -2.02. The fourth-order valence-corrected chi connectivity index (χ4v) is 3.49. The molecule has 6 nitrogen and oxygen atoms in total. The van der Waals surface area contributed by atoms with Crippen LogP contribution in [-0.4, -0.2) is 32.1 Å². The number of aromatic nitrogens is 4. The van der Waals surface area contributed by atoms with Gasteiger partial charge in [0.25, 0.3) is 0 Å². The molecule has 1 aliphatic heterocycles. The number of benzene rings is 1. The van der Waals surface area contributed by atoms with Gasteiger partial charge >= 0.3 is 7.12 Å². The van der Waals surface area contributed by atoms with Gasteiger partial charge in [-0.3, -0.25) is 4.68 Å². The topological polar surface area (TPSA) is 73.1 Å². The summed E-state index contributed by atoms with van der Waals surface area (Å²) in [6.07, 6.45) is 5.78. The van der Waals surface area contributed by atoms with Crippen LogP contribution in [0.1, 0.15) is 42.7 Å². The van der Waals surface area contributed by atoms with Crippen molar-refractivity contribution in [3.05, 3.63) is 70.3 Å². The smallest absolute Gasteiger partial charge is 0.423 e. The van der Waals surface area contributed by atoms with E-state index in [4.69, 9.17) is 16.3 Å². The summed E-state index contributed by atoms with van der Waals surface area (Å²) in [5.41, 5.74) is 2.83. The van der Waals surface area contributed by atoms with Crippen molar-refractivity contribution in [1.29, 1.82) is 0 Å². The molecule has 0 saturated heterocycles. The second kappa shape index (κ2) is 8.79. The minimum atomic E-state index is -0.893. The Bertz CT molecular complexity index is 1050. The van der Waals surface area contributed by atoms with Gasteiger partial charge in [0.2, 0.25) is 0 Å². The van der Waals surface area contributed by atoms with Crippen LogP contribution in [0.15, 0.2) is 36.7 Å². The first-order valence-electron chi connectivity index (χ1n) is 9.71. The van der Waals surface area contributed by atoms with Crippen molar-refractivity contribution in [3.63, 3.8) is 0 Å². The van der Waals surface area contributed by atoms with Crippen molar-refractivity contribution in [2.24, 2.45) is 5.92 Å². The lowest BCUT2D eigenvalue weighted by Crippen LogP contribution is -2.27. The van der Waals surface area contributed by atoms with Crippen molar-refractivity contribution < 1.29 is 18.5 Å². The summed E-state index contributed by atoms with van der Waals surface area (Å²) >= 11 is 5.91. The van der Waals surface area contributed by atoms with Gasteiger partial charge in [-0.2, -0.15) is 0 Å². The molecule has 2 aliphatic rings. The quantitative estimate of drug-likeness (QED) is 0.507. The molecule has 10 heteroatoms. The van der Waals surface area contributed by atoms with Gasteiger partial charge in [0, 0.05) is 19.2 Å². The number of hydrogen-bond acceptors (Lipinski definition) is 5. The van der Waals surface area contributed by atoms with Gasteiger partial charge in [-0.1, -0.05) is 22.9 Å². The zero-order valence-electron chi connectivity index (χ0n) is 16.3. The molecule has 156 valence electrons. The largest absolute Gasteiger partial charge is 0.491 e. The lowest BCUT2D eigenvalue weighted by atomic mass is 9.79. The summed E-state index contributed by atoms with van der Waals surface area (Å²) in [5, 5.41) is 17.7. The normalized spacial score (nSPS) is 17.5. The Hall–Kier alpha value is -2.36. The van der Waals surface area contributed by atoms with Gasteiger partial charge in [-0.05, 0) is 60.5 Å². The van der Waals surface area contributed by atoms with E-state index in [1.807, 2.05) is 10.9 Å². The van der Waals surface area contributed by atoms with E-state index in [-0.39, 0.29) is 17.7 Å². The fourth-order valence-electron chi connectivity index (χ4n) is 3.32. The predicted molar refractivity (Wildman–Crippen MR) is 108 cm³/mol. The first-order valence-corrected chi connectivity index (χ1v) is 10.1. The molecule has 1 atom stereocenters. The van der Waals surface area contributed by atoms with E-state index in [2.05, 4.69) is 15.3 Å². The standard InChI is InChI=1S/C12H12ClFN4.C8H8BFO2/c13-12-9(3-10(14)5-15-12)4-11-7-18(17-16-11)6-8-1-2-8;1-5-7-4-6(10)2-3-8(7)9(11)12-5/h3,5,7-8H,1-2,4,6H2;2-5,11H,1H3/t;5-/m.1/s1. The van der Waals surface area contributed by atoms with Crippen LogP contribution in [0.25, 0.3) is 0 Å². The third-order valence-corrected chi connectivity index (χ3v) is 5.40.